The normalized spacial score (nSPS) is 22.9. The number of amides is 1. The number of pyridine rings is 1. The molecule has 1 aromatic rings. The average molecular weight is 373 g/mol. The second kappa shape index (κ2) is 9.65. The van der Waals surface area contributed by atoms with Crippen LogP contribution in [0.2, 0.25) is 0 Å². The van der Waals surface area contributed by atoms with Crippen LogP contribution in [0.4, 0.5) is 0 Å². The highest BCUT2D eigenvalue weighted by atomic mass is 16.2. The van der Waals surface area contributed by atoms with Gasteiger partial charge in [-0.15, -0.1) is 0 Å². The van der Waals surface area contributed by atoms with E-state index in [0.717, 1.165) is 52.1 Å². The average Bonchev–Trinajstić information content (AvgIpc) is 2.68. The third-order valence-corrected chi connectivity index (χ3v) is 6.05. The third-order valence-electron chi connectivity index (χ3n) is 6.05. The molecule has 0 saturated carbocycles. The molecule has 1 aromatic heterocycles. The van der Waals surface area contributed by atoms with E-state index in [9.17, 15) is 4.79 Å². The molecule has 1 amide bonds. The first-order valence-corrected chi connectivity index (χ1v) is 10.6. The van der Waals surface area contributed by atoms with E-state index >= 15 is 0 Å². The molecule has 5 heteroatoms. The SMILES string of the molecule is CC(C)CN(C)C(=O)[C@H]1CCCN(C2CCN(Cc3ccncc3)CC2)C1. The molecule has 0 unspecified atom stereocenters. The van der Waals surface area contributed by atoms with Crippen LogP contribution < -0.4 is 0 Å². The number of piperidine rings is 2. The summed E-state index contributed by atoms with van der Waals surface area (Å²) in [4.78, 5) is 24.0. The van der Waals surface area contributed by atoms with Crippen LogP contribution in [0.3, 0.4) is 0 Å². The highest BCUT2D eigenvalue weighted by molar-refractivity contribution is 5.78. The third kappa shape index (κ3) is 5.76. The molecule has 2 fully saturated rings. The lowest BCUT2D eigenvalue weighted by molar-refractivity contribution is -0.137. The smallest absolute Gasteiger partial charge is 0.226 e. The van der Waals surface area contributed by atoms with Gasteiger partial charge in [-0.2, -0.15) is 0 Å². The van der Waals surface area contributed by atoms with Crippen LogP contribution in [0.1, 0.15) is 45.1 Å². The van der Waals surface area contributed by atoms with E-state index in [1.54, 1.807) is 0 Å². The fraction of sp³-hybridized carbons (Fsp3) is 0.727. The molecule has 0 aromatic carbocycles. The second-order valence-corrected chi connectivity index (χ2v) is 8.81. The summed E-state index contributed by atoms with van der Waals surface area (Å²) in [5.41, 5.74) is 1.35. The summed E-state index contributed by atoms with van der Waals surface area (Å²) >= 11 is 0. The van der Waals surface area contributed by atoms with Crippen molar-refractivity contribution >= 4 is 5.91 Å². The van der Waals surface area contributed by atoms with Crippen molar-refractivity contribution in [2.75, 3.05) is 39.8 Å². The zero-order valence-corrected chi connectivity index (χ0v) is 17.3. The lowest BCUT2D eigenvalue weighted by Gasteiger charge is -2.42. The second-order valence-electron chi connectivity index (χ2n) is 8.81. The number of likely N-dealkylation sites (tertiary alicyclic amines) is 2. The van der Waals surface area contributed by atoms with Crippen molar-refractivity contribution in [2.45, 2.75) is 52.1 Å². The van der Waals surface area contributed by atoms with Gasteiger partial charge in [-0.25, -0.2) is 0 Å². The van der Waals surface area contributed by atoms with Crippen LogP contribution in [-0.2, 0) is 11.3 Å². The Kier molecular flexibility index (Phi) is 7.25. The van der Waals surface area contributed by atoms with Gasteiger partial charge in [0.2, 0.25) is 5.91 Å². The van der Waals surface area contributed by atoms with Crippen LogP contribution in [0, 0.1) is 11.8 Å². The first kappa shape index (κ1) is 20.3. The molecule has 3 heterocycles. The van der Waals surface area contributed by atoms with Crippen LogP contribution in [0.15, 0.2) is 24.5 Å². The number of carbonyl (C=O) groups is 1. The van der Waals surface area contributed by atoms with Crippen molar-refractivity contribution in [3.63, 3.8) is 0 Å². The molecule has 2 saturated heterocycles. The molecule has 27 heavy (non-hydrogen) atoms. The lowest BCUT2D eigenvalue weighted by atomic mass is 9.92. The predicted molar refractivity (Wildman–Crippen MR) is 109 cm³/mol. The summed E-state index contributed by atoms with van der Waals surface area (Å²) in [5, 5.41) is 0. The largest absolute Gasteiger partial charge is 0.345 e. The molecule has 0 N–H and O–H groups in total. The van der Waals surface area contributed by atoms with Gasteiger partial charge in [-0.3, -0.25) is 19.6 Å². The Labute approximate surface area is 164 Å². The minimum absolute atomic E-state index is 0.192. The molecule has 0 radical (unpaired) electrons. The molecule has 0 bridgehead atoms. The fourth-order valence-electron chi connectivity index (χ4n) is 4.68. The van der Waals surface area contributed by atoms with Gasteiger partial charge < -0.3 is 4.90 Å². The zero-order valence-electron chi connectivity index (χ0n) is 17.3. The van der Waals surface area contributed by atoms with E-state index in [-0.39, 0.29) is 5.92 Å². The Morgan fingerprint density at radius 2 is 1.89 bits per heavy atom. The summed E-state index contributed by atoms with van der Waals surface area (Å²) < 4.78 is 0. The standard InChI is InChI=1S/C22H36N4O/c1-18(2)15-24(3)22(27)20-5-4-12-26(17-20)21-8-13-25(14-9-21)16-19-6-10-23-11-7-19/h6-7,10-11,18,20-21H,4-5,8-9,12-17H2,1-3H3/t20-/m0/s1. The molecular weight excluding hydrogens is 336 g/mol. The van der Waals surface area contributed by atoms with Crippen molar-refractivity contribution in [1.82, 2.24) is 19.7 Å². The summed E-state index contributed by atoms with van der Waals surface area (Å²) in [7, 11) is 1.97. The summed E-state index contributed by atoms with van der Waals surface area (Å²) in [6, 6.07) is 4.87. The fourth-order valence-corrected chi connectivity index (χ4v) is 4.68. The number of aromatic nitrogens is 1. The maximum absolute atomic E-state index is 12.8. The Balaban J connectivity index is 1.47. The maximum Gasteiger partial charge on any atom is 0.226 e. The van der Waals surface area contributed by atoms with Gasteiger partial charge in [-0.1, -0.05) is 13.8 Å². The molecule has 2 aliphatic rings. The van der Waals surface area contributed by atoms with E-state index in [1.165, 1.54) is 18.4 Å². The van der Waals surface area contributed by atoms with E-state index < -0.39 is 0 Å². The van der Waals surface area contributed by atoms with Crippen molar-refractivity contribution < 1.29 is 4.79 Å². The summed E-state index contributed by atoms with van der Waals surface area (Å²) in [5.74, 6) is 1.07. The predicted octanol–water partition coefficient (Wildman–Crippen LogP) is 2.87. The zero-order chi connectivity index (χ0) is 19.2. The Hall–Kier alpha value is -1.46. The van der Waals surface area contributed by atoms with E-state index in [2.05, 4.69) is 40.8 Å². The lowest BCUT2D eigenvalue weighted by Crippen LogP contribution is -2.51. The maximum atomic E-state index is 12.8. The molecule has 0 spiro atoms. The van der Waals surface area contributed by atoms with Gasteiger partial charge in [0.05, 0.1) is 5.92 Å². The van der Waals surface area contributed by atoms with Gasteiger partial charge in [0.15, 0.2) is 0 Å². The number of hydrogen-bond acceptors (Lipinski definition) is 4. The molecule has 3 rings (SSSR count). The Morgan fingerprint density at radius 3 is 2.56 bits per heavy atom. The van der Waals surface area contributed by atoms with Gasteiger partial charge in [0, 0.05) is 45.1 Å². The summed E-state index contributed by atoms with van der Waals surface area (Å²) in [6.07, 6.45) is 8.40. The monoisotopic (exact) mass is 372 g/mol. The van der Waals surface area contributed by atoms with Crippen LogP contribution in [0.25, 0.3) is 0 Å². The van der Waals surface area contributed by atoms with Crippen LogP contribution in [-0.4, -0.2) is 71.4 Å². The van der Waals surface area contributed by atoms with Gasteiger partial charge >= 0.3 is 0 Å². The van der Waals surface area contributed by atoms with Gasteiger partial charge in [-0.05, 0) is 68.9 Å². The number of hydrogen-bond donors (Lipinski definition) is 0. The molecular formula is C22H36N4O. The molecule has 2 aliphatic heterocycles. The number of carbonyl (C=O) groups excluding carboxylic acids is 1. The highest BCUT2D eigenvalue weighted by Gasteiger charge is 2.32. The first-order chi connectivity index (χ1) is 13.0. The highest BCUT2D eigenvalue weighted by Crippen LogP contribution is 2.25. The minimum atomic E-state index is 0.192. The molecule has 0 aliphatic carbocycles. The quantitative estimate of drug-likeness (QED) is 0.770. The van der Waals surface area contributed by atoms with E-state index in [1.807, 2.05) is 24.3 Å². The van der Waals surface area contributed by atoms with Gasteiger partial charge in [0.25, 0.3) is 0 Å². The Bertz CT molecular complexity index is 583. The van der Waals surface area contributed by atoms with Crippen molar-refractivity contribution in [3.05, 3.63) is 30.1 Å². The van der Waals surface area contributed by atoms with Crippen molar-refractivity contribution in [1.29, 1.82) is 0 Å². The number of nitrogens with zero attached hydrogens (tertiary/aromatic N) is 4. The van der Waals surface area contributed by atoms with Crippen LogP contribution in [0.5, 0.6) is 0 Å². The first-order valence-electron chi connectivity index (χ1n) is 10.6. The van der Waals surface area contributed by atoms with Crippen molar-refractivity contribution in [3.8, 4) is 0 Å². The summed E-state index contributed by atoms with van der Waals surface area (Å²) in [6.45, 7) is 10.7. The van der Waals surface area contributed by atoms with Crippen LogP contribution >= 0.6 is 0 Å². The topological polar surface area (TPSA) is 39.7 Å². The molecule has 1 atom stereocenters. The number of rotatable bonds is 6. The molecule has 150 valence electrons. The van der Waals surface area contributed by atoms with E-state index in [4.69, 9.17) is 0 Å². The van der Waals surface area contributed by atoms with Crippen molar-refractivity contribution in [2.24, 2.45) is 11.8 Å². The Morgan fingerprint density at radius 1 is 1.19 bits per heavy atom. The van der Waals surface area contributed by atoms with E-state index in [0.29, 0.717) is 17.9 Å². The molecule has 5 nitrogen and oxygen atoms in total. The minimum Gasteiger partial charge on any atom is -0.345 e. The van der Waals surface area contributed by atoms with Gasteiger partial charge in [0.1, 0.15) is 0 Å².